The minimum Gasteiger partial charge on any atom is -0.354 e. The summed E-state index contributed by atoms with van der Waals surface area (Å²) in [5.74, 6) is 1.83. The van der Waals surface area contributed by atoms with Gasteiger partial charge in [0.15, 0.2) is 5.82 Å². The van der Waals surface area contributed by atoms with Crippen molar-refractivity contribution < 1.29 is 0 Å². The van der Waals surface area contributed by atoms with Crippen LogP contribution in [0.2, 0.25) is 0 Å². The average Bonchev–Trinajstić information content (AvgIpc) is 3.02. The molecule has 162 valence electrons. The highest BCUT2D eigenvalue weighted by molar-refractivity contribution is 5.91. The van der Waals surface area contributed by atoms with E-state index in [0.29, 0.717) is 0 Å². The number of anilines is 3. The third kappa shape index (κ3) is 4.00. The van der Waals surface area contributed by atoms with Gasteiger partial charge in [-0.15, -0.1) is 5.10 Å². The molecular formula is C26H28N6. The van der Waals surface area contributed by atoms with Crippen molar-refractivity contribution >= 4 is 28.1 Å². The van der Waals surface area contributed by atoms with Crippen LogP contribution in [0.5, 0.6) is 0 Å². The Morgan fingerprint density at radius 2 is 1.69 bits per heavy atom. The molecule has 0 bridgehead atoms. The minimum absolute atomic E-state index is 0.137. The molecule has 2 aromatic carbocycles. The molecule has 32 heavy (non-hydrogen) atoms. The fourth-order valence-corrected chi connectivity index (χ4v) is 4.28. The summed E-state index contributed by atoms with van der Waals surface area (Å²) in [7, 11) is 0. The third-order valence-corrected chi connectivity index (χ3v) is 6.15. The second-order valence-corrected chi connectivity index (χ2v) is 9.34. The van der Waals surface area contributed by atoms with Crippen LogP contribution in [0.1, 0.15) is 37.6 Å². The van der Waals surface area contributed by atoms with Crippen molar-refractivity contribution in [2.75, 3.05) is 23.3 Å². The molecule has 0 fully saturated rings. The first-order valence-electron chi connectivity index (χ1n) is 11.1. The predicted octanol–water partition coefficient (Wildman–Crippen LogP) is 5.07. The van der Waals surface area contributed by atoms with Gasteiger partial charge in [0.1, 0.15) is 12.1 Å². The van der Waals surface area contributed by atoms with E-state index < -0.39 is 0 Å². The Kier molecular flexibility index (Phi) is 5.21. The Morgan fingerprint density at radius 3 is 2.50 bits per heavy atom. The maximum atomic E-state index is 4.60. The number of nitrogens with zero attached hydrogens (tertiary/aromatic N) is 5. The molecule has 1 aliphatic rings. The Morgan fingerprint density at radius 1 is 0.906 bits per heavy atom. The lowest BCUT2D eigenvalue weighted by Gasteiger charge is -2.22. The van der Waals surface area contributed by atoms with E-state index in [1.165, 1.54) is 11.1 Å². The van der Waals surface area contributed by atoms with Gasteiger partial charge in [0, 0.05) is 41.5 Å². The molecule has 0 atom stereocenters. The summed E-state index contributed by atoms with van der Waals surface area (Å²) in [4.78, 5) is 11.5. The Balaban J connectivity index is 1.39. The number of fused-ring (bicyclic) bond motifs is 2. The van der Waals surface area contributed by atoms with Crippen molar-refractivity contribution in [2.45, 2.75) is 39.0 Å². The van der Waals surface area contributed by atoms with E-state index in [0.717, 1.165) is 59.7 Å². The van der Waals surface area contributed by atoms with Crippen molar-refractivity contribution in [3.8, 4) is 0 Å². The lowest BCUT2D eigenvalue weighted by atomic mass is 9.87. The molecule has 1 N–H and O–H groups in total. The number of rotatable bonds is 3. The molecule has 4 aromatic rings. The SMILES string of the molecule is CC(C)(C)c1ccc(Nc2ncnc3c2CCN(c2nncc4ccccc24)CC3)cc1. The van der Waals surface area contributed by atoms with E-state index in [2.05, 4.69) is 93.6 Å². The Hall–Kier alpha value is -3.54. The molecule has 0 saturated heterocycles. The maximum Gasteiger partial charge on any atom is 0.159 e. The van der Waals surface area contributed by atoms with Gasteiger partial charge >= 0.3 is 0 Å². The summed E-state index contributed by atoms with van der Waals surface area (Å²) >= 11 is 0. The van der Waals surface area contributed by atoms with Crippen molar-refractivity contribution in [1.82, 2.24) is 20.2 Å². The molecular weight excluding hydrogens is 396 g/mol. The first-order valence-corrected chi connectivity index (χ1v) is 11.1. The molecule has 0 spiro atoms. The number of hydrogen-bond acceptors (Lipinski definition) is 6. The number of benzene rings is 2. The predicted molar refractivity (Wildman–Crippen MR) is 130 cm³/mol. The lowest BCUT2D eigenvalue weighted by molar-refractivity contribution is 0.590. The van der Waals surface area contributed by atoms with Crippen LogP contribution in [0, 0.1) is 0 Å². The topological polar surface area (TPSA) is 66.8 Å². The zero-order valence-electron chi connectivity index (χ0n) is 18.8. The van der Waals surface area contributed by atoms with Gasteiger partial charge in [-0.3, -0.25) is 0 Å². The first kappa shape index (κ1) is 20.4. The van der Waals surface area contributed by atoms with Crippen molar-refractivity contribution in [3.63, 3.8) is 0 Å². The van der Waals surface area contributed by atoms with Crippen molar-refractivity contribution in [1.29, 1.82) is 0 Å². The van der Waals surface area contributed by atoms with Gasteiger partial charge in [-0.2, -0.15) is 5.10 Å². The van der Waals surface area contributed by atoms with Crippen molar-refractivity contribution in [3.05, 3.63) is 77.9 Å². The van der Waals surface area contributed by atoms with Crippen LogP contribution >= 0.6 is 0 Å². The largest absolute Gasteiger partial charge is 0.354 e. The highest BCUT2D eigenvalue weighted by atomic mass is 15.3. The Labute approximate surface area is 188 Å². The fourth-order valence-electron chi connectivity index (χ4n) is 4.28. The van der Waals surface area contributed by atoms with Gasteiger partial charge in [-0.05, 0) is 29.5 Å². The van der Waals surface area contributed by atoms with Crippen molar-refractivity contribution in [2.24, 2.45) is 0 Å². The molecule has 1 aliphatic heterocycles. The fraction of sp³-hybridized carbons (Fsp3) is 0.308. The van der Waals surface area contributed by atoms with Crippen LogP contribution in [0.25, 0.3) is 10.8 Å². The molecule has 2 aromatic heterocycles. The molecule has 0 saturated carbocycles. The lowest BCUT2D eigenvalue weighted by Crippen LogP contribution is -2.27. The highest BCUT2D eigenvalue weighted by Crippen LogP contribution is 2.29. The highest BCUT2D eigenvalue weighted by Gasteiger charge is 2.21. The second kappa shape index (κ2) is 8.19. The maximum absolute atomic E-state index is 4.60. The number of nitrogens with one attached hydrogen (secondary N) is 1. The first-order chi connectivity index (χ1) is 15.5. The number of hydrogen-bond donors (Lipinski definition) is 1. The quantitative estimate of drug-likeness (QED) is 0.495. The van der Waals surface area contributed by atoms with Gasteiger partial charge < -0.3 is 10.2 Å². The molecule has 6 heteroatoms. The minimum atomic E-state index is 0.137. The third-order valence-electron chi connectivity index (χ3n) is 6.15. The van der Waals surface area contributed by atoms with Gasteiger partial charge in [0.2, 0.25) is 0 Å². The van der Waals surface area contributed by atoms with Gasteiger partial charge in [-0.25, -0.2) is 9.97 Å². The molecule has 0 unspecified atom stereocenters. The summed E-state index contributed by atoms with van der Waals surface area (Å²) in [5.41, 5.74) is 4.78. The second-order valence-electron chi connectivity index (χ2n) is 9.34. The summed E-state index contributed by atoms with van der Waals surface area (Å²) in [6, 6.07) is 16.9. The summed E-state index contributed by atoms with van der Waals surface area (Å²) in [5, 5.41) is 14.5. The average molecular weight is 425 g/mol. The van der Waals surface area contributed by atoms with Crippen LogP contribution in [0.3, 0.4) is 0 Å². The zero-order valence-corrected chi connectivity index (χ0v) is 18.8. The molecule has 3 heterocycles. The van der Waals surface area contributed by atoms with Crippen LogP contribution in [0.15, 0.2) is 61.1 Å². The van der Waals surface area contributed by atoms with E-state index in [9.17, 15) is 0 Å². The monoisotopic (exact) mass is 424 g/mol. The molecule has 0 aliphatic carbocycles. The zero-order chi connectivity index (χ0) is 22.1. The van der Waals surface area contributed by atoms with Crippen LogP contribution in [-0.4, -0.2) is 33.3 Å². The summed E-state index contributed by atoms with van der Waals surface area (Å²) in [6.45, 7) is 8.39. The standard InChI is InChI=1S/C26H28N6/c1-26(2,3)19-8-10-20(11-9-19)30-24-22-12-14-32(15-13-23(22)27-17-28-24)25-21-7-5-4-6-18(21)16-29-31-25/h4-11,16-17H,12-15H2,1-3H3,(H,27,28,30). The molecule has 5 rings (SSSR count). The van der Waals surface area contributed by atoms with Gasteiger partial charge in [0.05, 0.1) is 11.9 Å². The normalized spacial score (nSPS) is 14.2. The van der Waals surface area contributed by atoms with Gasteiger partial charge in [-0.1, -0.05) is 57.2 Å². The van der Waals surface area contributed by atoms with E-state index in [1.807, 2.05) is 12.3 Å². The summed E-state index contributed by atoms with van der Waals surface area (Å²) < 4.78 is 0. The van der Waals surface area contributed by atoms with E-state index in [-0.39, 0.29) is 5.41 Å². The van der Waals surface area contributed by atoms with E-state index >= 15 is 0 Å². The van der Waals surface area contributed by atoms with Crippen LogP contribution in [-0.2, 0) is 18.3 Å². The summed E-state index contributed by atoms with van der Waals surface area (Å²) in [6.07, 6.45) is 5.19. The molecule has 0 amide bonds. The van der Waals surface area contributed by atoms with E-state index in [1.54, 1.807) is 6.33 Å². The van der Waals surface area contributed by atoms with E-state index in [4.69, 9.17) is 0 Å². The van der Waals surface area contributed by atoms with Gasteiger partial charge in [0.25, 0.3) is 0 Å². The molecule has 6 nitrogen and oxygen atoms in total. The van der Waals surface area contributed by atoms with Crippen LogP contribution < -0.4 is 10.2 Å². The van der Waals surface area contributed by atoms with Crippen LogP contribution in [0.4, 0.5) is 17.3 Å². The smallest absolute Gasteiger partial charge is 0.159 e. The molecule has 0 radical (unpaired) electrons. The Bertz CT molecular complexity index is 1240. The number of aromatic nitrogens is 4.